The van der Waals surface area contributed by atoms with E-state index in [-0.39, 0.29) is 11.4 Å². The maximum atomic E-state index is 12.7. The van der Waals surface area contributed by atoms with Crippen LogP contribution in [0.15, 0.2) is 0 Å². The van der Waals surface area contributed by atoms with Gasteiger partial charge in [0.05, 0.1) is 5.54 Å². The van der Waals surface area contributed by atoms with Gasteiger partial charge in [-0.3, -0.25) is 4.79 Å². The van der Waals surface area contributed by atoms with E-state index in [0.29, 0.717) is 18.9 Å². The first-order chi connectivity index (χ1) is 11.8. The molecule has 0 aliphatic heterocycles. The molecule has 0 spiro atoms. The molecule has 0 aromatic carbocycles. The van der Waals surface area contributed by atoms with Gasteiger partial charge >= 0.3 is 6.09 Å². The predicted octanol–water partition coefficient (Wildman–Crippen LogP) is 3.77. The molecule has 2 amide bonds. The monoisotopic (exact) mass is 350 g/mol. The van der Waals surface area contributed by atoms with E-state index < -0.39 is 11.7 Å². The minimum Gasteiger partial charge on any atom is -0.444 e. The van der Waals surface area contributed by atoms with Crippen molar-refractivity contribution in [2.45, 2.75) is 89.7 Å². The molecule has 142 valence electrons. The summed E-state index contributed by atoms with van der Waals surface area (Å²) in [4.78, 5) is 24.7. The highest BCUT2D eigenvalue weighted by Gasteiger charge is 2.43. The van der Waals surface area contributed by atoms with Gasteiger partial charge in [-0.2, -0.15) is 0 Å². The highest BCUT2D eigenvalue weighted by molar-refractivity contribution is 5.77. The summed E-state index contributed by atoms with van der Waals surface area (Å²) in [6.45, 7) is 6.03. The average molecular weight is 351 g/mol. The standard InChI is InChI=1S/C20H34N2O3/c1-19(2,3)25-18(24)21-13-20(10-4-5-11-20)22-17(23)12-16(14-6-7-14)15-8-9-15/h14-16H,4-13H2,1-3H3,(H,21,24)(H,22,23). The maximum Gasteiger partial charge on any atom is 0.407 e. The Kier molecular flexibility index (Phi) is 5.31. The quantitative estimate of drug-likeness (QED) is 0.734. The predicted molar refractivity (Wildman–Crippen MR) is 97.1 cm³/mol. The number of nitrogens with one attached hydrogen (secondary N) is 2. The summed E-state index contributed by atoms with van der Waals surface area (Å²) in [7, 11) is 0. The minimum atomic E-state index is -0.502. The zero-order valence-electron chi connectivity index (χ0n) is 16.0. The molecule has 0 atom stereocenters. The van der Waals surface area contributed by atoms with Gasteiger partial charge in [0.2, 0.25) is 5.91 Å². The van der Waals surface area contributed by atoms with Crippen molar-refractivity contribution in [2.24, 2.45) is 17.8 Å². The van der Waals surface area contributed by atoms with E-state index in [0.717, 1.165) is 37.5 Å². The van der Waals surface area contributed by atoms with Crippen molar-refractivity contribution in [2.75, 3.05) is 6.54 Å². The Morgan fingerprint density at radius 3 is 2.12 bits per heavy atom. The molecule has 0 aromatic heterocycles. The second-order valence-corrected chi connectivity index (χ2v) is 9.43. The minimum absolute atomic E-state index is 0.177. The van der Waals surface area contributed by atoms with Crippen molar-refractivity contribution in [1.29, 1.82) is 0 Å². The fourth-order valence-corrected chi connectivity index (χ4v) is 4.28. The van der Waals surface area contributed by atoms with E-state index in [4.69, 9.17) is 4.74 Å². The summed E-state index contributed by atoms with van der Waals surface area (Å²) in [5.41, 5.74) is -0.788. The first-order valence-corrected chi connectivity index (χ1v) is 10.0. The van der Waals surface area contributed by atoms with Crippen LogP contribution in [-0.2, 0) is 9.53 Å². The van der Waals surface area contributed by atoms with Crippen LogP contribution in [-0.4, -0.2) is 29.7 Å². The van der Waals surface area contributed by atoms with Crippen LogP contribution in [0.25, 0.3) is 0 Å². The van der Waals surface area contributed by atoms with Crippen LogP contribution in [0.5, 0.6) is 0 Å². The molecule has 0 radical (unpaired) electrons. The summed E-state index contributed by atoms with van der Waals surface area (Å²) in [6, 6.07) is 0. The molecule has 5 nitrogen and oxygen atoms in total. The molecular weight excluding hydrogens is 316 g/mol. The maximum absolute atomic E-state index is 12.7. The van der Waals surface area contributed by atoms with Gasteiger partial charge in [0.1, 0.15) is 5.60 Å². The van der Waals surface area contributed by atoms with Gasteiger partial charge in [-0.1, -0.05) is 12.8 Å². The highest BCUT2D eigenvalue weighted by Crippen LogP contribution is 2.50. The number of amides is 2. The first-order valence-electron chi connectivity index (χ1n) is 10.0. The van der Waals surface area contributed by atoms with Crippen molar-refractivity contribution in [1.82, 2.24) is 10.6 Å². The summed E-state index contributed by atoms with van der Waals surface area (Å²) < 4.78 is 5.33. The third-order valence-corrected chi connectivity index (χ3v) is 5.81. The lowest BCUT2D eigenvalue weighted by molar-refractivity contribution is -0.124. The van der Waals surface area contributed by atoms with Crippen molar-refractivity contribution in [3.63, 3.8) is 0 Å². The molecular formula is C20H34N2O3. The number of rotatable bonds is 7. The zero-order chi connectivity index (χ0) is 18.1. The Labute approximate surface area is 151 Å². The van der Waals surface area contributed by atoms with Crippen LogP contribution in [0.3, 0.4) is 0 Å². The molecule has 0 heterocycles. The van der Waals surface area contributed by atoms with Crippen molar-refractivity contribution >= 4 is 12.0 Å². The smallest absolute Gasteiger partial charge is 0.407 e. The SMILES string of the molecule is CC(C)(C)OC(=O)NCC1(NC(=O)CC(C2CC2)C2CC2)CCCC1. The summed E-state index contributed by atoms with van der Waals surface area (Å²) in [5, 5.41) is 6.17. The molecule has 5 heteroatoms. The topological polar surface area (TPSA) is 67.4 Å². The number of carbonyl (C=O) groups is 2. The van der Waals surface area contributed by atoms with Crippen LogP contribution in [0, 0.1) is 17.8 Å². The Morgan fingerprint density at radius 1 is 1.08 bits per heavy atom. The molecule has 3 saturated carbocycles. The van der Waals surface area contributed by atoms with E-state index in [1.165, 1.54) is 25.7 Å². The molecule has 3 rings (SSSR count). The number of carbonyl (C=O) groups excluding carboxylic acids is 2. The van der Waals surface area contributed by atoms with Crippen LogP contribution in [0.1, 0.15) is 78.6 Å². The Hall–Kier alpha value is -1.26. The first kappa shape index (κ1) is 18.5. The lowest BCUT2D eigenvalue weighted by Crippen LogP contribution is -2.54. The van der Waals surface area contributed by atoms with Crippen LogP contribution < -0.4 is 10.6 Å². The molecule has 0 bridgehead atoms. The van der Waals surface area contributed by atoms with Gasteiger partial charge in [-0.05, 0) is 77.0 Å². The van der Waals surface area contributed by atoms with Crippen LogP contribution >= 0.6 is 0 Å². The van der Waals surface area contributed by atoms with Crippen molar-refractivity contribution in [3.05, 3.63) is 0 Å². The Bertz CT molecular complexity index is 486. The van der Waals surface area contributed by atoms with E-state index >= 15 is 0 Å². The lowest BCUT2D eigenvalue weighted by Gasteiger charge is -2.32. The van der Waals surface area contributed by atoms with Crippen LogP contribution in [0.2, 0.25) is 0 Å². The third kappa shape index (κ3) is 5.61. The second kappa shape index (κ2) is 7.16. The van der Waals surface area contributed by atoms with E-state index in [1.54, 1.807) is 0 Å². The van der Waals surface area contributed by atoms with E-state index in [2.05, 4.69) is 10.6 Å². The number of alkyl carbamates (subject to hydrolysis) is 1. The normalized spacial score (nSPS) is 22.7. The summed E-state index contributed by atoms with van der Waals surface area (Å²) in [6.07, 6.45) is 9.57. The van der Waals surface area contributed by atoms with Gasteiger partial charge in [0.15, 0.2) is 0 Å². The zero-order valence-corrected chi connectivity index (χ0v) is 16.0. The van der Waals surface area contributed by atoms with Gasteiger partial charge in [-0.15, -0.1) is 0 Å². The largest absolute Gasteiger partial charge is 0.444 e. The van der Waals surface area contributed by atoms with Crippen LogP contribution in [0.4, 0.5) is 4.79 Å². The molecule has 25 heavy (non-hydrogen) atoms. The third-order valence-electron chi connectivity index (χ3n) is 5.81. The molecule has 3 fully saturated rings. The van der Waals surface area contributed by atoms with Gasteiger partial charge in [0, 0.05) is 13.0 Å². The molecule has 0 saturated heterocycles. The number of ether oxygens (including phenoxy) is 1. The highest BCUT2D eigenvalue weighted by atomic mass is 16.6. The number of hydrogen-bond donors (Lipinski definition) is 2. The summed E-state index contributed by atoms with van der Waals surface area (Å²) >= 11 is 0. The molecule has 3 aliphatic carbocycles. The number of hydrogen-bond acceptors (Lipinski definition) is 3. The second-order valence-electron chi connectivity index (χ2n) is 9.43. The van der Waals surface area contributed by atoms with E-state index in [9.17, 15) is 9.59 Å². The molecule has 0 unspecified atom stereocenters. The van der Waals surface area contributed by atoms with Gasteiger partial charge in [0.25, 0.3) is 0 Å². The molecule has 2 N–H and O–H groups in total. The van der Waals surface area contributed by atoms with Gasteiger partial charge in [-0.25, -0.2) is 4.79 Å². The fourth-order valence-electron chi connectivity index (χ4n) is 4.28. The molecule has 3 aliphatic rings. The van der Waals surface area contributed by atoms with Gasteiger partial charge < -0.3 is 15.4 Å². The lowest BCUT2D eigenvalue weighted by atomic mass is 9.92. The fraction of sp³-hybridized carbons (Fsp3) is 0.900. The molecule has 0 aromatic rings. The van der Waals surface area contributed by atoms with Crippen molar-refractivity contribution in [3.8, 4) is 0 Å². The van der Waals surface area contributed by atoms with E-state index in [1.807, 2.05) is 20.8 Å². The van der Waals surface area contributed by atoms with Crippen molar-refractivity contribution < 1.29 is 14.3 Å². The summed E-state index contributed by atoms with van der Waals surface area (Å²) in [5.74, 6) is 2.35. The Morgan fingerprint density at radius 2 is 1.64 bits per heavy atom. The average Bonchev–Trinajstić information content (AvgIpc) is 3.41. The Balaban J connectivity index is 1.51.